The predicted octanol–water partition coefficient (Wildman–Crippen LogP) is 4.65. The van der Waals surface area contributed by atoms with Gasteiger partial charge in [0.1, 0.15) is 11.6 Å². The molecule has 2 unspecified atom stereocenters. The van der Waals surface area contributed by atoms with E-state index in [1.807, 2.05) is 41.5 Å². The summed E-state index contributed by atoms with van der Waals surface area (Å²) in [6, 6.07) is 11.1. The van der Waals surface area contributed by atoms with Gasteiger partial charge in [0.2, 0.25) is 0 Å². The van der Waals surface area contributed by atoms with E-state index in [4.69, 9.17) is 0 Å². The first-order valence-corrected chi connectivity index (χ1v) is 10.7. The fourth-order valence-corrected chi connectivity index (χ4v) is 4.87. The van der Waals surface area contributed by atoms with Gasteiger partial charge >= 0.3 is 6.03 Å². The van der Waals surface area contributed by atoms with E-state index >= 15 is 0 Å². The van der Waals surface area contributed by atoms with Gasteiger partial charge < -0.3 is 15.5 Å². The standard InChI is InChI=1S/C22H20F2N4OS/c1-12-25-19(11-30-12)13-3-2-4-15(7-13)26-22(29)27-21-16-9-28(10-17(16)21)20-6-5-14(23)8-18(20)24/h2-8,11,16-17,21H,9-10H2,1H3,(H2,26,27,29). The minimum absolute atomic E-state index is 0.0779. The van der Waals surface area contributed by atoms with Gasteiger partial charge in [-0.3, -0.25) is 0 Å². The number of amides is 2. The van der Waals surface area contributed by atoms with Crippen molar-refractivity contribution in [1.29, 1.82) is 0 Å². The molecule has 2 atom stereocenters. The molecule has 2 heterocycles. The van der Waals surface area contributed by atoms with Gasteiger partial charge in [-0.15, -0.1) is 11.3 Å². The number of hydrogen-bond acceptors (Lipinski definition) is 4. The van der Waals surface area contributed by atoms with Gasteiger partial charge in [-0.25, -0.2) is 18.6 Å². The Morgan fingerprint density at radius 3 is 2.67 bits per heavy atom. The van der Waals surface area contributed by atoms with Gasteiger partial charge in [-0.2, -0.15) is 0 Å². The van der Waals surface area contributed by atoms with Gasteiger partial charge in [-0.1, -0.05) is 12.1 Å². The molecule has 0 bridgehead atoms. The highest BCUT2D eigenvalue weighted by Gasteiger charge is 2.56. The van der Waals surface area contributed by atoms with Crippen molar-refractivity contribution in [3.05, 3.63) is 64.5 Å². The third kappa shape index (κ3) is 3.63. The molecule has 2 aliphatic rings. The molecular weight excluding hydrogens is 406 g/mol. The van der Waals surface area contributed by atoms with Crippen molar-refractivity contribution in [2.45, 2.75) is 13.0 Å². The first-order chi connectivity index (χ1) is 14.5. The Morgan fingerprint density at radius 1 is 1.17 bits per heavy atom. The van der Waals surface area contributed by atoms with E-state index in [9.17, 15) is 13.6 Å². The zero-order valence-corrected chi connectivity index (χ0v) is 17.0. The highest BCUT2D eigenvalue weighted by atomic mass is 32.1. The van der Waals surface area contributed by atoms with Crippen molar-refractivity contribution >= 4 is 28.7 Å². The Morgan fingerprint density at radius 2 is 1.97 bits per heavy atom. The summed E-state index contributed by atoms with van der Waals surface area (Å²) in [4.78, 5) is 18.8. The number of carbonyl (C=O) groups is 1. The van der Waals surface area contributed by atoms with E-state index in [1.54, 1.807) is 11.3 Å². The Balaban J connectivity index is 1.17. The number of piperidine rings is 1. The van der Waals surface area contributed by atoms with Crippen LogP contribution < -0.4 is 15.5 Å². The van der Waals surface area contributed by atoms with Gasteiger partial charge in [0.15, 0.2) is 0 Å². The van der Waals surface area contributed by atoms with Crippen molar-refractivity contribution in [1.82, 2.24) is 10.3 Å². The Kier molecular flexibility index (Phi) is 4.66. The van der Waals surface area contributed by atoms with Crippen LogP contribution in [0, 0.1) is 30.4 Å². The minimum atomic E-state index is -0.578. The summed E-state index contributed by atoms with van der Waals surface area (Å²) >= 11 is 1.59. The maximum absolute atomic E-state index is 14.0. The number of carbonyl (C=O) groups excluding carboxylic acids is 1. The number of urea groups is 1. The van der Waals surface area contributed by atoms with Crippen molar-refractivity contribution in [2.75, 3.05) is 23.3 Å². The number of benzene rings is 2. The van der Waals surface area contributed by atoms with Crippen LogP contribution in [0.3, 0.4) is 0 Å². The Hall–Kier alpha value is -3.00. The molecule has 5 nitrogen and oxygen atoms in total. The highest BCUT2D eigenvalue weighted by molar-refractivity contribution is 7.09. The van der Waals surface area contributed by atoms with Crippen LogP contribution >= 0.6 is 11.3 Å². The third-order valence-electron chi connectivity index (χ3n) is 5.78. The smallest absolute Gasteiger partial charge is 0.319 e. The first kappa shape index (κ1) is 19.0. The minimum Gasteiger partial charge on any atom is -0.368 e. The van der Waals surface area contributed by atoms with Crippen LogP contribution in [0.1, 0.15) is 5.01 Å². The van der Waals surface area contributed by atoms with Crippen molar-refractivity contribution in [3.8, 4) is 11.3 Å². The van der Waals surface area contributed by atoms with E-state index in [-0.39, 0.29) is 23.9 Å². The number of thiazole rings is 1. The number of nitrogens with zero attached hydrogens (tertiary/aromatic N) is 2. The summed E-state index contributed by atoms with van der Waals surface area (Å²) < 4.78 is 27.1. The monoisotopic (exact) mass is 426 g/mol. The molecule has 1 saturated carbocycles. The number of aromatic nitrogens is 1. The zero-order chi connectivity index (χ0) is 20.8. The predicted molar refractivity (Wildman–Crippen MR) is 114 cm³/mol. The molecule has 1 saturated heterocycles. The fraction of sp³-hybridized carbons (Fsp3) is 0.273. The summed E-state index contributed by atoms with van der Waals surface area (Å²) in [5, 5.41) is 8.90. The highest BCUT2D eigenvalue weighted by Crippen LogP contribution is 2.47. The molecule has 0 radical (unpaired) electrons. The van der Waals surface area contributed by atoms with Crippen molar-refractivity contribution in [2.24, 2.45) is 11.8 Å². The van der Waals surface area contributed by atoms with Gasteiger partial charge in [-0.05, 0) is 31.2 Å². The quantitative estimate of drug-likeness (QED) is 0.638. The van der Waals surface area contributed by atoms with Crippen molar-refractivity contribution in [3.63, 3.8) is 0 Å². The lowest BCUT2D eigenvalue weighted by atomic mass is 10.1. The molecule has 2 aromatic carbocycles. The normalized spacial score (nSPS) is 22.0. The Labute approximate surface area is 176 Å². The van der Waals surface area contributed by atoms with Crippen LogP contribution in [-0.2, 0) is 0 Å². The van der Waals surface area contributed by atoms with E-state index in [0.29, 0.717) is 24.5 Å². The maximum atomic E-state index is 14.0. The molecule has 1 aliphatic carbocycles. The SMILES string of the molecule is Cc1nc(-c2cccc(NC(=O)NC3C4CN(c5ccc(F)cc5F)CC43)c2)cs1. The third-order valence-corrected chi connectivity index (χ3v) is 6.55. The summed E-state index contributed by atoms with van der Waals surface area (Å²) in [5.74, 6) is -0.561. The fourth-order valence-electron chi connectivity index (χ4n) is 4.25. The summed E-state index contributed by atoms with van der Waals surface area (Å²) in [5.41, 5.74) is 2.97. The lowest BCUT2D eigenvalue weighted by Crippen LogP contribution is -2.37. The number of nitrogens with one attached hydrogen (secondary N) is 2. The molecule has 2 N–H and O–H groups in total. The molecule has 0 spiro atoms. The van der Waals surface area contributed by atoms with Crippen LogP contribution in [0.2, 0.25) is 0 Å². The second-order valence-electron chi connectivity index (χ2n) is 7.79. The summed E-state index contributed by atoms with van der Waals surface area (Å²) in [6.07, 6.45) is 0. The second kappa shape index (κ2) is 7.36. The Bertz CT molecular complexity index is 1110. The maximum Gasteiger partial charge on any atom is 0.319 e. The summed E-state index contributed by atoms with van der Waals surface area (Å²) in [7, 11) is 0. The molecule has 154 valence electrons. The molecule has 8 heteroatoms. The molecule has 1 aliphatic heterocycles. The van der Waals surface area contributed by atoms with Crippen LogP contribution in [0.4, 0.5) is 25.0 Å². The number of anilines is 2. The van der Waals surface area contributed by atoms with E-state index < -0.39 is 11.6 Å². The van der Waals surface area contributed by atoms with Crippen LogP contribution in [0.25, 0.3) is 11.3 Å². The average molecular weight is 426 g/mol. The van der Waals surface area contributed by atoms with Crippen LogP contribution in [0.15, 0.2) is 47.8 Å². The number of aryl methyl sites for hydroxylation is 1. The molecule has 1 aromatic heterocycles. The number of rotatable bonds is 4. The van der Waals surface area contributed by atoms with E-state index in [0.717, 1.165) is 22.3 Å². The van der Waals surface area contributed by atoms with Gasteiger partial charge in [0.05, 0.1) is 16.4 Å². The van der Waals surface area contributed by atoms with Crippen LogP contribution in [-0.4, -0.2) is 30.1 Å². The molecule has 2 fully saturated rings. The van der Waals surface area contributed by atoms with Crippen molar-refractivity contribution < 1.29 is 13.6 Å². The molecule has 3 aromatic rings. The lowest BCUT2D eigenvalue weighted by molar-refractivity contribution is 0.250. The molecule has 2 amide bonds. The van der Waals surface area contributed by atoms with Crippen LogP contribution in [0.5, 0.6) is 0 Å². The van der Waals surface area contributed by atoms with E-state index in [2.05, 4.69) is 15.6 Å². The number of hydrogen-bond donors (Lipinski definition) is 2. The van der Waals surface area contributed by atoms with Gasteiger partial charge in [0.25, 0.3) is 0 Å². The number of halogens is 2. The topological polar surface area (TPSA) is 57.3 Å². The number of fused-ring (bicyclic) bond motifs is 1. The molecular formula is C22H20F2N4OS. The lowest BCUT2D eigenvalue weighted by Gasteiger charge is -2.23. The van der Waals surface area contributed by atoms with E-state index in [1.165, 1.54) is 12.1 Å². The average Bonchev–Trinajstić information content (AvgIpc) is 3.06. The van der Waals surface area contributed by atoms with Gasteiger partial charge in [0, 0.05) is 53.7 Å². The molecule has 30 heavy (non-hydrogen) atoms. The molecule has 5 rings (SSSR count). The first-order valence-electron chi connectivity index (χ1n) is 9.78. The summed E-state index contributed by atoms with van der Waals surface area (Å²) in [6.45, 7) is 3.26. The largest absolute Gasteiger partial charge is 0.368 e. The zero-order valence-electron chi connectivity index (χ0n) is 16.2. The second-order valence-corrected chi connectivity index (χ2v) is 8.85.